The van der Waals surface area contributed by atoms with Gasteiger partial charge in [0.05, 0.1) is 5.92 Å². The highest BCUT2D eigenvalue weighted by molar-refractivity contribution is 5.78. The standard InChI is InChI=1S/C15H27N5O/c1-7-17-12-8-13(19-14(18-12)10(2)3)20(6)9-11(4)15(21)16-5/h8,10-11H,7,9H2,1-6H3,(H,16,21)(H,17,18,19). The first-order chi connectivity index (χ1) is 9.88. The molecule has 0 aliphatic heterocycles. The maximum Gasteiger partial charge on any atom is 0.224 e. The molecule has 1 aromatic rings. The molecule has 0 aliphatic carbocycles. The minimum atomic E-state index is -0.0972. The SMILES string of the molecule is CCNc1cc(N(C)CC(C)C(=O)NC)nc(C(C)C)n1. The minimum absolute atomic E-state index is 0.0342. The van der Waals surface area contributed by atoms with Crippen molar-refractivity contribution in [2.24, 2.45) is 5.92 Å². The molecule has 0 bridgehead atoms. The summed E-state index contributed by atoms with van der Waals surface area (Å²) in [6.07, 6.45) is 0. The summed E-state index contributed by atoms with van der Waals surface area (Å²) in [5.41, 5.74) is 0. The average Bonchev–Trinajstić information content (AvgIpc) is 2.46. The highest BCUT2D eigenvalue weighted by Gasteiger charge is 2.16. The second-order valence-electron chi connectivity index (χ2n) is 5.55. The Balaban J connectivity index is 2.96. The summed E-state index contributed by atoms with van der Waals surface area (Å²) in [6.45, 7) is 9.51. The lowest BCUT2D eigenvalue weighted by atomic mass is 10.1. The summed E-state index contributed by atoms with van der Waals surface area (Å²) < 4.78 is 0. The summed E-state index contributed by atoms with van der Waals surface area (Å²) in [5.74, 6) is 2.66. The second kappa shape index (κ2) is 7.81. The summed E-state index contributed by atoms with van der Waals surface area (Å²) in [5, 5.41) is 5.90. The van der Waals surface area contributed by atoms with E-state index in [1.165, 1.54) is 0 Å². The van der Waals surface area contributed by atoms with Crippen LogP contribution in [0.25, 0.3) is 0 Å². The van der Waals surface area contributed by atoms with Crippen molar-refractivity contribution in [1.29, 1.82) is 0 Å². The van der Waals surface area contributed by atoms with Crippen molar-refractivity contribution < 1.29 is 4.79 Å². The molecule has 0 saturated heterocycles. The van der Waals surface area contributed by atoms with Crippen molar-refractivity contribution in [2.75, 3.05) is 37.4 Å². The van der Waals surface area contributed by atoms with Gasteiger partial charge in [-0.25, -0.2) is 9.97 Å². The molecule has 2 N–H and O–H groups in total. The maximum absolute atomic E-state index is 11.6. The number of aromatic nitrogens is 2. The molecular formula is C15H27N5O. The molecule has 1 heterocycles. The zero-order chi connectivity index (χ0) is 16.0. The van der Waals surface area contributed by atoms with Gasteiger partial charge in [0, 0.05) is 39.2 Å². The van der Waals surface area contributed by atoms with Gasteiger partial charge in [-0.05, 0) is 6.92 Å². The van der Waals surface area contributed by atoms with Crippen LogP contribution < -0.4 is 15.5 Å². The van der Waals surface area contributed by atoms with Gasteiger partial charge in [-0.3, -0.25) is 4.79 Å². The molecule has 1 rings (SSSR count). The zero-order valence-electron chi connectivity index (χ0n) is 13.9. The van der Waals surface area contributed by atoms with E-state index in [2.05, 4.69) is 34.4 Å². The molecule has 0 fully saturated rings. The van der Waals surface area contributed by atoms with Gasteiger partial charge >= 0.3 is 0 Å². The first-order valence-electron chi connectivity index (χ1n) is 7.44. The minimum Gasteiger partial charge on any atom is -0.370 e. The van der Waals surface area contributed by atoms with Crippen LogP contribution in [0.15, 0.2) is 6.07 Å². The Morgan fingerprint density at radius 1 is 1.33 bits per heavy atom. The van der Waals surface area contributed by atoms with Crippen LogP contribution in [0, 0.1) is 5.92 Å². The molecule has 21 heavy (non-hydrogen) atoms. The lowest BCUT2D eigenvalue weighted by molar-refractivity contribution is -0.123. The predicted octanol–water partition coefficient (Wildman–Crippen LogP) is 1.85. The van der Waals surface area contributed by atoms with Gasteiger partial charge in [-0.2, -0.15) is 0 Å². The number of nitrogens with zero attached hydrogens (tertiary/aromatic N) is 3. The normalized spacial score (nSPS) is 12.1. The molecule has 0 aliphatic rings. The fraction of sp³-hybridized carbons (Fsp3) is 0.667. The topological polar surface area (TPSA) is 70.2 Å². The molecule has 1 aromatic heterocycles. The first-order valence-corrected chi connectivity index (χ1v) is 7.44. The quantitative estimate of drug-likeness (QED) is 0.803. The molecular weight excluding hydrogens is 266 g/mol. The molecule has 6 nitrogen and oxygen atoms in total. The number of amides is 1. The van der Waals surface area contributed by atoms with Gasteiger partial charge in [0.25, 0.3) is 0 Å². The van der Waals surface area contributed by atoms with Crippen LogP contribution in [0.4, 0.5) is 11.6 Å². The Morgan fingerprint density at radius 3 is 2.52 bits per heavy atom. The largest absolute Gasteiger partial charge is 0.370 e. The molecule has 1 unspecified atom stereocenters. The predicted molar refractivity (Wildman–Crippen MR) is 86.8 cm³/mol. The van der Waals surface area contributed by atoms with Gasteiger partial charge in [0.1, 0.15) is 17.5 Å². The summed E-state index contributed by atoms with van der Waals surface area (Å²) in [4.78, 5) is 22.7. The Kier molecular flexibility index (Phi) is 6.39. The van der Waals surface area contributed by atoms with Crippen LogP contribution >= 0.6 is 0 Å². The van der Waals surface area contributed by atoms with Crippen LogP contribution in [0.5, 0.6) is 0 Å². The van der Waals surface area contributed by atoms with Gasteiger partial charge in [-0.1, -0.05) is 20.8 Å². The lowest BCUT2D eigenvalue weighted by Gasteiger charge is -2.23. The number of carbonyl (C=O) groups is 1. The number of rotatable bonds is 7. The fourth-order valence-electron chi connectivity index (χ4n) is 2.01. The second-order valence-corrected chi connectivity index (χ2v) is 5.55. The van der Waals surface area contributed by atoms with E-state index in [1.807, 2.05) is 31.9 Å². The van der Waals surface area contributed by atoms with Gasteiger partial charge < -0.3 is 15.5 Å². The van der Waals surface area contributed by atoms with Gasteiger partial charge in [0.15, 0.2) is 0 Å². The van der Waals surface area contributed by atoms with Crippen molar-refractivity contribution in [3.63, 3.8) is 0 Å². The van der Waals surface area contributed by atoms with Crippen molar-refractivity contribution in [2.45, 2.75) is 33.6 Å². The van der Waals surface area contributed by atoms with E-state index in [0.717, 1.165) is 24.0 Å². The van der Waals surface area contributed by atoms with Gasteiger partial charge in [-0.15, -0.1) is 0 Å². The molecule has 0 aromatic carbocycles. The third-order valence-corrected chi connectivity index (χ3v) is 3.24. The van der Waals surface area contributed by atoms with Crippen molar-refractivity contribution >= 4 is 17.5 Å². The fourth-order valence-corrected chi connectivity index (χ4v) is 2.01. The molecule has 0 saturated carbocycles. The highest BCUT2D eigenvalue weighted by atomic mass is 16.1. The van der Waals surface area contributed by atoms with Crippen LogP contribution in [0.2, 0.25) is 0 Å². The monoisotopic (exact) mass is 293 g/mol. The van der Waals surface area contributed by atoms with E-state index < -0.39 is 0 Å². The zero-order valence-corrected chi connectivity index (χ0v) is 13.9. The first kappa shape index (κ1) is 17.2. The van der Waals surface area contributed by atoms with Gasteiger partial charge in [0.2, 0.25) is 5.91 Å². The smallest absolute Gasteiger partial charge is 0.224 e. The van der Waals surface area contributed by atoms with Crippen molar-refractivity contribution in [3.8, 4) is 0 Å². The number of anilines is 2. The van der Waals surface area contributed by atoms with Crippen LogP contribution in [-0.4, -0.2) is 43.1 Å². The van der Waals surface area contributed by atoms with Crippen LogP contribution in [-0.2, 0) is 4.79 Å². The maximum atomic E-state index is 11.6. The molecule has 1 amide bonds. The number of nitrogens with one attached hydrogen (secondary N) is 2. The Morgan fingerprint density at radius 2 is 2.00 bits per heavy atom. The Bertz CT molecular complexity index is 475. The Hall–Kier alpha value is -1.85. The average molecular weight is 293 g/mol. The van der Waals surface area contributed by atoms with E-state index in [-0.39, 0.29) is 17.7 Å². The molecule has 0 radical (unpaired) electrons. The van der Waals surface area contributed by atoms with E-state index in [0.29, 0.717) is 6.54 Å². The summed E-state index contributed by atoms with van der Waals surface area (Å²) in [6, 6.07) is 1.92. The number of hydrogen-bond donors (Lipinski definition) is 2. The molecule has 6 heteroatoms. The number of carbonyl (C=O) groups excluding carboxylic acids is 1. The third-order valence-electron chi connectivity index (χ3n) is 3.24. The van der Waals surface area contributed by atoms with Crippen LogP contribution in [0.1, 0.15) is 39.4 Å². The van der Waals surface area contributed by atoms with E-state index in [9.17, 15) is 4.79 Å². The van der Waals surface area contributed by atoms with E-state index >= 15 is 0 Å². The van der Waals surface area contributed by atoms with Crippen molar-refractivity contribution in [1.82, 2.24) is 15.3 Å². The summed E-state index contributed by atoms with van der Waals surface area (Å²) >= 11 is 0. The highest BCUT2D eigenvalue weighted by Crippen LogP contribution is 2.20. The van der Waals surface area contributed by atoms with E-state index in [4.69, 9.17) is 0 Å². The Labute approximate surface area is 127 Å². The summed E-state index contributed by atoms with van der Waals surface area (Å²) in [7, 11) is 3.60. The molecule has 0 spiro atoms. The van der Waals surface area contributed by atoms with Crippen LogP contribution in [0.3, 0.4) is 0 Å². The lowest BCUT2D eigenvalue weighted by Crippen LogP contribution is -2.34. The van der Waals surface area contributed by atoms with E-state index in [1.54, 1.807) is 7.05 Å². The molecule has 1 atom stereocenters. The van der Waals surface area contributed by atoms with Crippen molar-refractivity contribution in [3.05, 3.63) is 11.9 Å². The third kappa shape index (κ3) is 4.88. The number of hydrogen-bond acceptors (Lipinski definition) is 5. The molecule has 118 valence electrons.